The predicted octanol–water partition coefficient (Wildman–Crippen LogP) is 2.94. The van der Waals surface area contributed by atoms with Crippen LogP contribution in [0.15, 0.2) is 48.5 Å². The van der Waals surface area contributed by atoms with Crippen LogP contribution in [0, 0.1) is 0 Å². The second-order valence-corrected chi connectivity index (χ2v) is 6.16. The first-order chi connectivity index (χ1) is 12.1. The molecular weight excluding hydrogens is 316 g/mol. The largest absolute Gasteiger partial charge is 0.497 e. The van der Waals surface area contributed by atoms with Crippen molar-refractivity contribution in [2.45, 2.75) is 19.5 Å². The summed E-state index contributed by atoms with van der Waals surface area (Å²) in [5, 5.41) is 0. The number of amides is 1. The number of benzene rings is 2. The first-order valence-corrected chi connectivity index (χ1v) is 8.45. The monoisotopic (exact) mass is 340 g/mol. The molecule has 1 amide bonds. The van der Waals surface area contributed by atoms with E-state index in [9.17, 15) is 4.79 Å². The standard InChI is InChI=1S/C20H24N2O3/c1-15-20(23)22(18-10-9-17(24-2)13-19(18)25-3)12-11-21(15)14-16-7-5-4-6-8-16/h4-10,13,15H,11-12,14H2,1-3H3/t15-/m1/s1. The summed E-state index contributed by atoms with van der Waals surface area (Å²) in [5.41, 5.74) is 2.01. The molecule has 3 rings (SSSR count). The van der Waals surface area contributed by atoms with Crippen LogP contribution >= 0.6 is 0 Å². The lowest BCUT2D eigenvalue weighted by molar-refractivity contribution is -0.125. The van der Waals surface area contributed by atoms with Crippen LogP contribution in [0.2, 0.25) is 0 Å². The number of ether oxygens (including phenoxy) is 2. The third-order valence-corrected chi connectivity index (χ3v) is 4.69. The average Bonchev–Trinajstić information content (AvgIpc) is 2.66. The van der Waals surface area contributed by atoms with E-state index in [1.807, 2.05) is 48.2 Å². The Morgan fingerprint density at radius 1 is 1.04 bits per heavy atom. The number of carbonyl (C=O) groups excluding carboxylic acids is 1. The molecule has 2 aromatic carbocycles. The normalized spacial score (nSPS) is 18.3. The molecule has 5 heteroatoms. The van der Waals surface area contributed by atoms with E-state index in [1.54, 1.807) is 14.2 Å². The van der Waals surface area contributed by atoms with E-state index in [0.29, 0.717) is 18.0 Å². The fourth-order valence-corrected chi connectivity index (χ4v) is 3.19. The minimum atomic E-state index is -0.180. The van der Waals surface area contributed by atoms with E-state index in [1.165, 1.54) is 5.56 Å². The van der Waals surface area contributed by atoms with Gasteiger partial charge in [-0.05, 0) is 24.6 Å². The summed E-state index contributed by atoms with van der Waals surface area (Å²) in [5.74, 6) is 1.45. The molecule has 0 N–H and O–H groups in total. The number of carbonyl (C=O) groups is 1. The average molecular weight is 340 g/mol. The van der Waals surface area contributed by atoms with Crippen LogP contribution in [0.3, 0.4) is 0 Å². The van der Waals surface area contributed by atoms with E-state index in [4.69, 9.17) is 9.47 Å². The summed E-state index contributed by atoms with van der Waals surface area (Å²) < 4.78 is 10.7. The summed E-state index contributed by atoms with van der Waals surface area (Å²) in [7, 11) is 3.22. The smallest absolute Gasteiger partial charge is 0.244 e. The molecule has 0 aromatic heterocycles. The Labute approximate surface area is 148 Å². The van der Waals surface area contributed by atoms with E-state index in [0.717, 1.165) is 18.8 Å². The summed E-state index contributed by atoms with van der Waals surface area (Å²) in [6.07, 6.45) is 0. The van der Waals surface area contributed by atoms with Gasteiger partial charge >= 0.3 is 0 Å². The molecule has 0 unspecified atom stereocenters. The summed E-state index contributed by atoms with van der Waals surface area (Å²) in [6.45, 7) is 4.20. The van der Waals surface area contributed by atoms with Gasteiger partial charge in [0, 0.05) is 25.7 Å². The van der Waals surface area contributed by atoms with Crippen molar-refractivity contribution < 1.29 is 14.3 Å². The van der Waals surface area contributed by atoms with Gasteiger partial charge in [-0.25, -0.2) is 0 Å². The number of nitrogens with zero attached hydrogens (tertiary/aromatic N) is 2. The van der Waals surface area contributed by atoms with Gasteiger partial charge in [-0.15, -0.1) is 0 Å². The highest BCUT2D eigenvalue weighted by Crippen LogP contribution is 2.34. The zero-order valence-corrected chi connectivity index (χ0v) is 14.9. The van der Waals surface area contributed by atoms with Gasteiger partial charge in [-0.3, -0.25) is 9.69 Å². The lowest BCUT2D eigenvalue weighted by Crippen LogP contribution is -2.55. The van der Waals surface area contributed by atoms with E-state index in [2.05, 4.69) is 17.0 Å². The van der Waals surface area contributed by atoms with Crippen molar-refractivity contribution in [3.05, 3.63) is 54.1 Å². The van der Waals surface area contributed by atoms with Gasteiger partial charge in [0.25, 0.3) is 0 Å². The first kappa shape index (κ1) is 17.3. The Kier molecular flexibility index (Phi) is 5.24. The molecule has 1 heterocycles. The maximum atomic E-state index is 12.9. The van der Waals surface area contributed by atoms with Gasteiger partial charge in [0.2, 0.25) is 5.91 Å². The second-order valence-electron chi connectivity index (χ2n) is 6.16. The molecule has 132 valence electrons. The van der Waals surface area contributed by atoms with Crippen LogP contribution in [0.25, 0.3) is 0 Å². The van der Waals surface area contributed by atoms with E-state index < -0.39 is 0 Å². The molecular formula is C20H24N2O3. The van der Waals surface area contributed by atoms with Crippen LogP contribution < -0.4 is 14.4 Å². The quantitative estimate of drug-likeness (QED) is 0.839. The second kappa shape index (κ2) is 7.57. The van der Waals surface area contributed by atoms with Crippen LogP contribution in [0.1, 0.15) is 12.5 Å². The Morgan fingerprint density at radius 3 is 2.48 bits per heavy atom. The lowest BCUT2D eigenvalue weighted by atomic mass is 10.1. The van der Waals surface area contributed by atoms with Crippen molar-refractivity contribution >= 4 is 11.6 Å². The van der Waals surface area contributed by atoms with Gasteiger partial charge in [0.1, 0.15) is 11.5 Å². The molecule has 1 aliphatic heterocycles. The number of hydrogen-bond donors (Lipinski definition) is 0. The van der Waals surface area contributed by atoms with Crippen molar-refractivity contribution in [3.63, 3.8) is 0 Å². The molecule has 1 saturated heterocycles. The van der Waals surface area contributed by atoms with Gasteiger partial charge in [0.15, 0.2) is 0 Å². The number of hydrogen-bond acceptors (Lipinski definition) is 4. The summed E-state index contributed by atoms with van der Waals surface area (Å²) >= 11 is 0. The van der Waals surface area contributed by atoms with Crippen molar-refractivity contribution in [1.29, 1.82) is 0 Å². The van der Waals surface area contributed by atoms with Crippen LogP contribution in [0.4, 0.5) is 5.69 Å². The zero-order chi connectivity index (χ0) is 17.8. The molecule has 0 spiro atoms. The van der Waals surface area contributed by atoms with Crippen molar-refractivity contribution in [2.75, 3.05) is 32.2 Å². The minimum absolute atomic E-state index is 0.0886. The van der Waals surface area contributed by atoms with Gasteiger partial charge in [0.05, 0.1) is 25.9 Å². The molecule has 25 heavy (non-hydrogen) atoms. The fraction of sp³-hybridized carbons (Fsp3) is 0.350. The zero-order valence-electron chi connectivity index (χ0n) is 14.9. The maximum Gasteiger partial charge on any atom is 0.244 e. The first-order valence-electron chi connectivity index (χ1n) is 8.45. The summed E-state index contributed by atoms with van der Waals surface area (Å²) in [6, 6.07) is 15.6. The number of anilines is 1. The lowest BCUT2D eigenvalue weighted by Gasteiger charge is -2.39. The number of rotatable bonds is 5. The van der Waals surface area contributed by atoms with Gasteiger partial charge in [-0.2, -0.15) is 0 Å². The van der Waals surface area contributed by atoms with Gasteiger partial charge < -0.3 is 14.4 Å². The molecule has 1 fully saturated rings. The molecule has 0 aliphatic carbocycles. The van der Waals surface area contributed by atoms with E-state index >= 15 is 0 Å². The molecule has 2 aromatic rings. The Bertz CT molecular complexity index is 733. The molecule has 5 nitrogen and oxygen atoms in total. The Balaban J connectivity index is 1.78. The molecule has 0 saturated carbocycles. The van der Waals surface area contributed by atoms with E-state index in [-0.39, 0.29) is 11.9 Å². The minimum Gasteiger partial charge on any atom is -0.497 e. The SMILES string of the molecule is COc1ccc(N2CCN(Cc3ccccc3)[C@H](C)C2=O)c(OC)c1. The highest BCUT2D eigenvalue weighted by atomic mass is 16.5. The summed E-state index contributed by atoms with van der Waals surface area (Å²) in [4.78, 5) is 17.0. The Hall–Kier alpha value is -2.53. The fourth-order valence-electron chi connectivity index (χ4n) is 3.19. The topological polar surface area (TPSA) is 42.0 Å². The predicted molar refractivity (Wildman–Crippen MR) is 98.2 cm³/mol. The maximum absolute atomic E-state index is 12.9. The third kappa shape index (κ3) is 3.61. The van der Waals surface area contributed by atoms with Crippen molar-refractivity contribution in [2.24, 2.45) is 0 Å². The van der Waals surface area contributed by atoms with Crippen LogP contribution in [-0.2, 0) is 11.3 Å². The molecule has 1 atom stereocenters. The highest BCUT2D eigenvalue weighted by Gasteiger charge is 2.33. The number of methoxy groups -OCH3 is 2. The number of piperazine rings is 1. The molecule has 0 bridgehead atoms. The van der Waals surface area contributed by atoms with Crippen LogP contribution in [0.5, 0.6) is 11.5 Å². The van der Waals surface area contributed by atoms with Crippen LogP contribution in [-0.4, -0.2) is 44.2 Å². The molecule has 1 aliphatic rings. The Morgan fingerprint density at radius 2 is 1.80 bits per heavy atom. The van der Waals surface area contributed by atoms with Crippen molar-refractivity contribution in [3.8, 4) is 11.5 Å². The third-order valence-electron chi connectivity index (χ3n) is 4.69. The van der Waals surface area contributed by atoms with Gasteiger partial charge in [-0.1, -0.05) is 30.3 Å². The highest BCUT2D eigenvalue weighted by molar-refractivity contribution is 5.99. The molecule has 0 radical (unpaired) electrons. The van der Waals surface area contributed by atoms with Crippen molar-refractivity contribution in [1.82, 2.24) is 4.90 Å².